The fourth-order valence-electron chi connectivity index (χ4n) is 4.39. The Morgan fingerprint density at radius 3 is 2.68 bits per heavy atom. The molecule has 1 saturated heterocycles. The highest BCUT2D eigenvalue weighted by atomic mass is 32.2. The Hall–Kier alpha value is -2.09. The summed E-state index contributed by atoms with van der Waals surface area (Å²) in [6.07, 6.45) is 2.80. The van der Waals surface area contributed by atoms with Crippen molar-refractivity contribution < 1.29 is 17.9 Å². The van der Waals surface area contributed by atoms with Crippen molar-refractivity contribution in [3.8, 4) is 11.5 Å². The van der Waals surface area contributed by atoms with Crippen LogP contribution in [0, 0.1) is 0 Å². The van der Waals surface area contributed by atoms with E-state index in [0.717, 1.165) is 31.0 Å². The summed E-state index contributed by atoms with van der Waals surface area (Å²) in [5.41, 5.74) is 2.50. The Kier molecular flexibility index (Phi) is 7.15. The molecule has 4 rings (SSSR count). The van der Waals surface area contributed by atoms with Gasteiger partial charge in [-0.15, -0.1) is 0 Å². The van der Waals surface area contributed by atoms with E-state index < -0.39 is 10.0 Å². The minimum absolute atomic E-state index is 0.141. The van der Waals surface area contributed by atoms with E-state index in [9.17, 15) is 8.42 Å². The number of rotatable bonds is 10. The van der Waals surface area contributed by atoms with Crippen LogP contribution in [0.25, 0.3) is 0 Å². The molecule has 0 unspecified atom stereocenters. The van der Waals surface area contributed by atoms with Crippen LogP contribution < -0.4 is 14.2 Å². The second-order valence-electron chi connectivity index (χ2n) is 8.33. The molecule has 1 fully saturated rings. The van der Waals surface area contributed by atoms with Crippen LogP contribution in [-0.2, 0) is 16.4 Å². The van der Waals surface area contributed by atoms with Crippen molar-refractivity contribution in [2.24, 2.45) is 0 Å². The van der Waals surface area contributed by atoms with E-state index in [4.69, 9.17) is 9.47 Å². The molecule has 0 aliphatic carbocycles. The van der Waals surface area contributed by atoms with E-state index in [1.165, 1.54) is 17.5 Å². The molecule has 2 aliphatic rings. The van der Waals surface area contributed by atoms with Gasteiger partial charge in [0.05, 0.1) is 11.8 Å². The first kappa shape index (κ1) is 22.1. The summed E-state index contributed by atoms with van der Waals surface area (Å²) in [4.78, 5) is 2.52. The minimum Gasteiger partial charge on any atom is -0.492 e. The van der Waals surface area contributed by atoms with Gasteiger partial charge in [0.2, 0.25) is 10.0 Å². The summed E-state index contributed by atoms with van der Waals surface area (Å²) in [6, 6.07) is 16.9. The highest BCUT2D eigenvalue weighted by Gasteiger charge is 2.37. The number of hydrogen-bond acceptors (Lipinski definition) is 5. The summed E-state index contributed by atoms with van der Waals surface area (Å²) in [6.45, 7) is 5.38. The molecule has 168 valence electrons. The molecule has 7 heteroatoms. The predicted octanol–water partition coefficient (Wildman–Crippen LogP) is 3.19. The predicted molar refractivity (Wildman–Crippen MR) is 122 cm³/mol. The number of hydrogen-bond donors (Lipinski definition) is 1. The third-order valence-electron chi connectivity index (χ3n) is 6.08. The molecule has 0 bridgehead atoms. The lowest BCUT2D eigenvalue weighted by molar-refractivity contribution is 0.0500. The molecular weight excluding hydrogens is 412 g/mol. The van der Waals surface area contributed by atoms with Crippen molar-refractivity contribution in [1.82, 2.24) is 9.62 Å². The molecule has 2 aromatic carbocycles. The number of ether oxygens (including phenoxy) is 2. The smallest absolute Gasteiger partial charge is 0.211 e. The summed E-state index contributed by atoms with van der Waals surface area (Å²) in [5.74, 6) is 2.15. The van der Waals surface area contributed by atoms with Crippen LogP contribution in [0.1, 0.15) is 36.8 Å². The van der Waals surface area contributed by atoms with E-state index >= 15 is 0 Å². The third kappa shape index (κ3) is 5.59. The average Bonchev–Trinajstić information content (AvgIpc) is 2.72. The zero-order valence-electron chi connectivity index (χ0n) is 18.1. The highest BCUT2D eigenvalue weighted by molar-refractivity contribution is 7.89. The Bertz CT molecular complexity index is 961. The van der Waals surface area contributed by atoms with Gasteiger partial charge in [0.25, 0.3) is 0 Å². The maximum Gasteiger partial charge on any atom is 0.211 e. The van der Waals surface area contributed by atoms with Crippen LogP contribution in [-0.4, -0.2) is 58.0 Å². The van der Waals surface area contributed by atoms with Crippen LogP contribution in [0.5, 0.6) is 11.5 Å². The summed E-state index contributed by atoms with van der Waals surface area (Å²) >= 11 is 0. The second kappa shape index (κ2) is 10.0. The van der Waals surface area contributed by atoms with Gasteiger partial charge in [-0.1, -0.05) is 37.3 Å². The first-order valence-electron chi connectivity index (χ1n) is 11.2. The van der Waals surface area contributed by atoms with Crippen LogP contribution in [0.3, 0.4) is 0 Å². The van der Waals surface area contributed by atoms with Crippen molar-refractivity contribution in [1.29, 1.82) is 0 Å². The van der Waals surface area contributed by atoms with E-state index in [-0.39, 0.29) is 12.3 Å². The SMILES string of the molecule is CCCS(=O)(=O)NCCOc1ccc2c(c1)[C@H](Cc1ccccc1)[C@H](N1CCC1)CO2. The third-order valence-corrected chi connectivity index (χ3v) is 7.67. The van der Waals surface area contributed by atoms with Gasteiger partial charge in [0.15, 0.2) is 0 Å². The Morgan fingerprint density at radius 2 is 1.97 bits per heavy atom. The fourth-order valence-corrected chi connectivity index (χ4v) is 5.47. The van der Waals surface area contributed by atoms with Crippen molar-refractivity contribution in [3.63, 3.8) is 0 Å². The quantitative estimate of drug-likeness (QED) is 0.570. The lowest BCUT2D eigenvalue weighted by Gasteiger charge is -2.45. The zero-order chi connectivity index (χ0) is 21.7. The number of sulfonamides is 1. The van der Waals surface area contributed by atoms with Crippen molar-refractivity contribution in [2.75, 3.05) is 38.6 Å². The molecule has 0 amide bonds. The molecule has 0 saturated carbocycles. The number of fused-ring (bicyclic) bond motifs is 1. The summed E-state index contributed by atoms with van der Waals surface area (Å²) < 4.78 is 38.2. The normalized spacial score (nSPS) is 21.1. The zero-order valence-corrected chi connectivity index (χ0v) is 18.9. The largest absolute Gasteiger partial charge is 0.492 e. The second-order valence-corrected chi connectivity index (χ2v) is 10.3. The van der Waals surface area contributed by atoms with E-state index in [1.54, 1.807) is 0 Å². The van der Waals surface area contributed by atoms with E-state index in [2.05, 4.69) is 46.0 Å². The van der Waals surface area contributed by atoms with Gasteiger partial charge in [0, 0.05) is 18.0 Å². The molecule has 0 spiro atoms. The van der Waals surface area contributed by atoms with E-state index in [0.29, 0.717) is 31.6 Å². The minimum atomic E-state index is -3.21. The first-order valence-corrected chi connectivity index (χ1v) is 12.9. The molecular formula is C24H32N2O4S. The van der Waals surface area contributed by atoms with E-state index in [1.807, 2.05) is 19.1 Å². The van der Waals surface area contributed by atoms with Crippen molar-refractivity contribution in [2.45, 2.75) is 38.1 Å². The van der Waals surface area contributed by atoms with Gasteiger partial charge in [-0.3, -0.25) is 4.90 Å². The van der Waals surface area contributed by atoms with Gasteiger partial charge >= 0.3 is 0 Å². The van der Waals surface area contributed by atoms with Crippen molar-refractivity contribution in [3.05, 3.63) is 59.7 Å². The van der Waals surface area contributed by atoms with Gasteiger partial charge < -0.3 is 9.47 Å². The lowest BCUT2D eigenvalue weighted by Crippen LogP contribution is -2.52. The molecule has 0 aromatic heterocycles. The monoisotopic (exact) mass is 444 g/mol. The van der Waals surface area contributed by atoms with Gasteiger partial charge in [0.1, 0.15) is 24.7 Å². The fraction of sp³-hybridized carbons (Fsp3) is 0.500. The van der Waals surface area contributed by atoms with Gasteiger partial charge in [-0.25, -0.2) is 13.1 Å². The van der Waals surface area contributed by atoms with Crippen LogP contribution in [0.2, 0.25) is 0 Å². The maximum atomic E-state index is 11.8. The first-order chi connectivity index (χ1) is 15.1. The van der Waals surface area contributed by atoms with Crippen LogP contribution >= 0.6 is 0 Å². The molecule has 2 aromatic rings. The van der Waals surface area contributed by atoms with Crippen LogP contribution in [0.4, 0.5) is 0 Å². The Balaban J connectivity index is 1.48. The molecule has 2 aliphatic heterocycles. The Labute approximate surface area is 185 Å². The molecule has 2 atom stereocenters. The van der Waals surface area contributed by atoms with Crippen molar-refractivity contribution >= 4 is 10.0 Å². The molecule has 0 radical (unpaired) electrons. The molecule has 31 heavy (non-hydrogen) atoms. The molecule has 2 heterocycles. The van der Waals surface area contributed by atoms with Gasteiger partial charge in [-0.05, 0) is 56.1 Å². The highest BCUT2D eigenvalue weighted by Crippen LogP contribution is 2.41. The number of nitrogens with zero attached hydrogens (tertiary/aromatic N) is 1. The summed E-state index contributed by atoms with van der Waals surface area (Å²) in [5, 5.41) is 0. The topological polar surface area (TPSA) is 67.9 Å². The Morgan fingerprint density at radius 1 is 1.16 bits per heavy atom. The number of benzene rings is 2. The number of likely N-dealkylation sites (tertiary alicyclic amines) is 1. The summed E-state index contributed by atoms with van der Waals surface area (Å²) in [7, 11) is -3.21. The lowest BCUT2D eigenvalue weighted by atomic mass is 9.82. The van der Waals surface area contributed by atoms with Gasteiger partial charge in [-0.2, -0.15) is 0 Å². The molecule has 1 N–H and O–H groups in total. The maximum absolute atomic E-state index is 11.8. The number of nitrogens with one attached hydrogen (secondary N) is 1. The molecule has 6 nitrogen and oxygen atoms in total. The standard InChI is InChI=1S/C24H32N2O4S/c1-2-15-31(27,28)25-11-14-29-20-9-10-24-22(17-20)21(16-19-7-4-3-5-8-19)23(18-30-24)26-12-6-13-26/h3-5,7-10,17,21,23,25H,2,6,11-16,18H2,1H3/t21-,23+/m0/s1. The van der Waals surface area contributed by atoms with Crippen LogP contribution in [0.15, 0.2) is 48.5 Å². The average molecular weight is 445 g/mol.